The van der Waals surface area contributed by atoms with Crippen molar-refractivity contribution in [2.24, 2.45) is 0 Å². The molecule has 0 atom stereocenters. The zero-order chi connectivity index (χ0) is 16.8. The number of aromatic amines is 1. The van der Waals surface area contributed by atoms with Crippen molar-refractivity contribution in [3.05, 3.63) is 63.8 Å². The summed E-state index contributed by atoms with van der Waals surface area (Å²) in [6.07, 6.45) is 0.806. The van der Waals surface area contributed by atoms with Crippen LogP contribution in [-0.4, -0.2) is 27.4 Å². The molecule has 5 heteroatoms. The second-order valence-corrected chi connectivity index (χ2v) is 6.68. The highest BCUT2D eigenvalue weighted by Crippen LogP contribution is 2.30. The third-order valence-corrected chi connectivity index (χ3v) is 4.92. The van der Waals surface area contributed by atoms with Crippen LogP contribution in [-0.2, 0) is 13.0 Å². The molecule has 122 valence electrons. The van der Waals surface area contributed by atoms with E-state index in [0.29, 0.717) is 18.7 Å². The number of carbonyl (C=O) groups excluding carboxylic acids is 1. The summed E-state index contributed by atoms with van der Waals surface area (Å²) in [6.45, 7) is 3.31. The van der Waals surface area contributed by atoms with E-state index in [9.17, 15) is 9.90 Å². The van der Waals surface area contributed by atoms with Crippen molar-refractivity contribution >= 4 is 28.4 Å². The maximum absolute atomic E-state index is 12.8. The lowest BCUT2D eigenvalue weighted by atomic mass is 10.0. The number of aromatic hydroxyl groups is 1. The van der Waals surface area contributed by atoms with Gasteiger partial charge in [0.2, 0.25) is 0 Å². The Hall–Kier alpha value is -2.46. The number of nitrogens with one attached hydrogen (secondary N) is 1. The van der Waals surface area contributed by atoms with E-state index in [1.54, 1.807) is 6.07 Å². The van der Waals surface area contributed by atoms with Gasteiger partial charge in [-0.15, -0.1) is 0 Å². The van der Waals surface area contributed by atoms with Gasteiger partial charge in [0.25, 0.3) is 5.91 Å². The number of aryl methyl sites for hydroxylation is 1. The first-order valence-corrected chi connectivity index (χ1v) is 8.28. The Morgan fingerprint density at radius 2 is 2.08 bits per heavy atom. The Balaban J connectivity index is 1.68. The lowest BCUT2D eigenvalue weighted by Crippen LogP contribution is -2.35. The monoisotopic (exact) mass is 340 g/mol. The van der Waals surface area contributed by atoms with Crippen LogP contribution in [0.3, 0.4) is 0 Å². The van der Waals surface area contributed by atoms with Crippen molar-refractivity contribution in [3.8, 4) is 5.75 Å². The number of carbonyl (C=O) groups is 1. The Morgan fingerprint density at radius 3 is 2.88 bits per heavy atom. The van der Waals surface area contributed by atoms with Crippen LogP contribution >= 0.6 is 11.6 Å². The molecule has 1 aromatic heterocycles. The van der Waals surface area contributed by atoms with Gasteiger partial charge < -0.3 is 15.0 Å². The average Bonchev–Trinajstić information content (AvgIpc) is 2.94. The van der Waals surface area contributed by atoms with E-state index in [2.05, 4.69) is 30.1 Å². The number of fused-ring (bicyclic) bond motifs is 3. The van der Waals surface area contributed by atoms with Crippen LogP contribution in [0.15, 0.2) is 36.4 Å². The van der Waals surface area contributed by atoms with Gasteiger partial charge in [-0.1, -0.05) is 23.2 Å². The Morgan fingerprint density at radius 1 is 1.25 bits per heavy atom. The van der Waals surface area contributed by atoms with Crippen molar-refractivity contribution in [3.63, 3.8) is 0 Å². The molecule has 2 aromatic carbocycles. The quantitative estimate of drug-likeness (QED) is 0.702. The summed E-state index contributed by atoms with van der Waals surface area (Å²) in [7, 11) is 0. The van der Waals surface area contributed by atoms with Gasteiger partial charge in [-0.2, -0.15) is 0 Å². The highest BCUT2D eigenvalue weighted by Gasteiger charge is 2.25. The number of hydrogen-bond acceptors (Lipinski definition) is 2. The van der Waals surface area contributed by atoms with Gasteiger partial charge in [0, 0.05) is 47.2 Å². The van der Waals surface area contributed by atoms with E-state index in [-0.39, 0.29) is 16.7 Å². The number of phenolic OH excluding ortho intramolecular Hbond substituents is 1. The van der Waals surface area contributed by atoms with E-state index in [1.807, 2.05) is 4.90 Å². The number of H-pyrrole nitrogens is 1. The number of hydrogen-bond donors (Lipinski definition) is 2. The lowest BCUT2D eigenvalue weighted by molar-refractivity contribution is 0.0735. The number of halogens is 1. The van der Waals surface area contributed by atoms with Gasteiger partial charge in [0.05, 0.1) is 5.02 Å². The van der Waals surface area contributed by atoms with Gasteiger partial charge in [0.15, 0.2) is 0 Å². The molecule has 0 saturated carbocycles. The molecule has 1 aliphatic heterocycles. The summed E-state index contributed by atoms with van der Waals surface area (Å²) in [5.41, 5.74) is 5.23. The van der Waals surface area contributed by atoms with E-state index in [0.717, 1.165) is 11.9 Å². The SMILES string of the molecule is Cc1ccc2[nH]c3c(c2c1)CN(C(=O)c1ccc(O)c(Cl)c1)CC3. The molecule has 2 N–H and O–H groups in total. The highest BCUT2D eigenvalue weighted by molar-refractivity contribution is 6.32. The Kier molecular flexibility index (Phi) is 3.50. The molecule has 1 aliphatic rings. The number of nitrogens with zero attached hydrogens (tertiary/aromatic N) is 1. The third kappa shape index (κ3) is 2.43. The van der Waals surface area contributed by atoms with Crippen LogP contribution in [0.4, 0.5) is 0 Å². The predicted octanol–water partition coefficient (Wildman–Crippen LogP) is 4.03. The first kappa shape index (κ1) is 15.1. The smallest absolute Gasteiger partial charge is 0.254 e. The second kappa shape index (κ2) is 5.56. The first-order valence-electron chi connectivity index (χ1n) is 7.91. The average molecular weight is 341 g/mol. The van der Waals surface area contributed by atoms with Crippen molar-refractivity contribution in [2.75, 3.05) is 6.54 Å². The molecule has 0 unspecified atom stereocenters. The van der Waals surface area contributed by atoms with Crippen LogP contribution in [0.2, 0.25) is 5.02 Å². The number of amides is 1. The fourth-order valence-corrected chi connectivity index (χ4v) is 3.50. The molecule has 0 bridgehead atoms. The summed E-state index contributed by atoms with van der Waals surface area (Å²) < 4.78 is 0. The summed E-state index contributed by atoms with van der Waals surface area (Å²) >= 11 is 5.93. The zero-order valence-corrected chi connectivity index (χ0v) is 14.0. The van der Waals surface area contributed by atoms with Crippen molar-refractivity contribution in [2.45, 2.75) is 19.9 Å². The summed E-state index contributed by atoms with van der Waals surface area (Å²) in [6, 6.07) is 10.9. The van der Waals surface area contributed by atoms with Gasteiger partial charge >= 0.3 is 0 Å². The second-order valence-electron chi connectivity index (χ2n) is 6.27. The molecule has 24 heavy (non-hydrogen) atoms. The predicted molar refractivity (Wildman–Crippen MR) is 94.6 cm³/mol. The number of rotatable bonds is 1. The van der Waals surface area contributed by atoms with Gasteiger partial charge in [-0.25, -0.2) is 0 Å². The lowest BCUT2D eigenvalue weighted by Gasteiger charge is -2.27. The van der Waals surface area contributed by atoms with Crippen LogP contribution in [0.25, 0.3) is 10.9 Å². The van der Waals surface area contributed by atoms with Crippen molar-refractivity contribution < 1.29 is 9.90 Å². The van der Waals surface area contributed by atoms with Gasteiger partial charge in [-0.05, 0) is 37.3 Å². The first-order chi connectivity index (χ1) is 11.5. The van der Waals surface area contributed by atoms with E-state index >= 15 is 0 Å². The highest BCUT2D eigenvalue weighted by atomic mass is 35.5. The standard InChI is InChI=1S/C19H17ClN2O2/c1-11-2-4-16-13(8-11)14-10-22(7-6-17(14)21-16)19(24)12-3-5-18(23)15(20)9-12/h2-5,8-9,21,23H,6-7,10H2,1H3. The third-order valence-electron chi connectivity index (χ3n) is 4.61. The molecular formula is C19H17ClN2O2. The Bertz CT molecular complexity index is 961. The van der Waals surface area contributed by atoms with Crippen molar-refractivity contribution in [1.82, 2.24) is 9.88 Å². The molecule has 4 rings (SSSR count). The minimum atomic E-state index is -0.0652. The molecule has 0 spiro atoms. The molecule has 3 aromatic rings. The molecule has 0 saturated heterocycles. The molecule has 4 nitrogen and oxygen atoms in total. The van der Waals surface area contributed by atoms with Crippen LogP contribution in [0, 0.1) is 6.92 Å². The summed E-state index contributed by atoms with van der Waals surface area (Å²) in [5, 5.41) is 10.9. The number of benzene rings is 2. The number of aromatic nitrogens is 1. The van der Waals surface area contributed by atoms with Crippen molar-refractivity contribution in [1.29, 1.82) is 0 Å². The molecule has 0 fully saturated rings. The van der Waals surface area contributed by atoms with E-state index in [1.165, 1.54) is 34.3 Å². The zero-order valence-electron chi connectivity index (χ0n) is 13.3. The fourth-order valence-electron chi connectivity index (χ4n) is 3.32. The minimum absolute atomic E-state index is 0.0127. The minimum Gasteiger partial charge on any atom is -0.506 e. The van der Waals surface area contributed by atoms with Crippen LogP contribution in [0.1, 0.15) is 27.2 Å². The van der Waals surface area contributed by atoms with Crippen LogP contribution in [0.5, 0.6) is 5.75 Å². The largest absolute Gasteiger partial charge is 0.506 e. The molecule has 0 radical (unpaired) electrons. The molecule has 2 heterocycles. The Labute approximate surface area is 144 Å². The van der Waals surface area contributed by atoms with Gasteiger partial charge in [-0.3, -0.25) is 4.79 Å². The molecule has 1 amide bonds. The maximum atomic E-state index is 12.8. The maximum Gasteiger partial charge on any atom is 0.254 e. The molecular weight excluding hydrogens is 324 g/mol. The fraction of sp³-hybridized carbons (Fsp3) is 0.211. The van der Waals surface area contributed by atoms with E-state index < -0.39 is 0 Å². The summed E-state index contributed by atoms with van der Waals surface area (Å²) in [5.74, 6) is -0.0780. The van der Waals surface area contributed by atoms with Crippen LogP contribution < -0.4 is 0 Å². The van der Waals surface area contributed by atoms with E-state index in [4.69, 9.17) is 11.6 Å². The number of phenols is 1. The topological polar surface area (TPSA) is 56.3 Å². The normalized spacial score (nSPS) is 14.0. The summed E-state index contributed by atoms with van der Waals surface area (Å²) in [4.78, 5) is 18.1. The molecule has 0 aliphatic carbocycles. The van der Waals surface area contributed by atoms with Gasteiger partial charge in [0.1, 0.15) is 5.75 Å².